The fraction of sp³-hybridized carbons (Fsp3) is 0.200. The van der Waals surface area contributed by atoms with E-state index < -0.39 is 0 Å². The van der Waals surface area contributed by atoms with Crippen molar-refractivity contribution in [2.45, 2.75) is 6.54 Å². The Morgan fingerprint density at radius 3 is 2.78 bits per heavy atom. The molecule has 1 aromatic carbocycles. The van der Waals surface area contributed by atoms with Crippen LogP contribution in [0.3, 0.4) is 0 Å². The zero-order valence-corrected chi connectivity index (χ0v) is 15.5. The third kappa shape index (κ3) is 3.88. The smallest absolute Gasteiger partial charge is 0.348 e. The first-order valence-corrected chi connectivity index (χ1v) is 9.31. The fourth-order valence-corrected chi connectivity index (χ4v) is 3.63. The number of fused-ring (bicyclic) bond motifs is 1. The highest BCUT2D eigenvalue weighted by atomic mass is 32.1. The number of thiophene rings is 1. The summed E-state index contributed by atoms with van der Waals surface area (Å²) in [6.45, 7) is 1.83. The number of anilines is 1. The Morgan fingerprint density at radius 2 is 2.00 bits per heavy atom. The van der Waals surface area contributed by atoms with E-state index in [1.165, 1.54) is 18.4 Å². The van der Waals surface area contributed by atoms with Crippen LogP contribution in [0.15, 0.2) is 48.7 Å². The molecule has 0 amide bonds. The fourth-order valence-electron chi connectivity index (χ4n) is 2.73. The lowest BCUT2D eigenvalue weighted by atomic mass is 10.2. The molecular weight excluding hydrogens is 364 g/mol. The summed E-state index contributed by atoms with van der Waals surface area (Å²) in [5.41, 5.74) is 2.84. The minimum absolute atomic E-state index is 0.330. The quantitative estimate of drug-likeness (QED) is 0.673. The maximum atomic E-state index is 11.6. The van der Waals surface area contributed by atoms with Gasteiger partial charge in [0.15, 0.2) is 11.5 Å². The number of esters is 1. The lowest BCUT2D eigenvalue weighted by molar-refractivity contribution is 0.0606. The van der Waals surface area contributed by atoms with Gasteiger partial charge in [0.05, 0.1) is 29.6 Å². The van der Waals surface area contributed by atoms with Gasteiger partial charge in [0, 0.05) is 6.54 Å². The van der Waals surface area contributed by atoms with Crippen LogP contribution in [0, 0.1) is 0 Å². The molecule has 0 aliphatic carbocycles. The van der Waals surface area contributed by atoms with Crippen LogP contribution < -0.4 is 14.8 Å². The van der Waals surface area contributed by atoms with Crippen LogP contribution in [0.2, 0.25) is 0 Å². The molecule has 4 rings (SSSR count). The standard InChI is InChI=1S/C20H18N2O4S/c1-24-20(23)19-7-6-18(27-19)15-4-3-14(12-22-15)21-11-13-2-5-16-17(10-13)26-9-8-25-16/h2-7,10,12,21H,8-9,11H2,1H3. The first kappa shape index (κ1) is 17.4. The van der Waals surface area contributed by atoms with Crippen molar-refractivity contribution in [2.75, 3.05) is 25.6 Å². The number of ether oxygens (including phenoxy) is 3. The van der Waals surface area contributed by atoms with Crippen LogP contribution in [0.5, 0.6) is 11.5 Å². The topological polar surface area (TPSA) is 69.7 Å². The molecule has 2 aromatic heterocycles. The van der Waals surface area contributed by atoms with Crippen molar-refractivity contribution in [1.29, 1.82) is 0 Å². The maximum Gasteiger partial charge on any atom is 0.348 e. The molecule has 1 N–H and O–H groups in total. The number of rotatable bonds is 5. The van der Waals surface area contributed by atoms with Crippen LogP contribution in [0.4, 0.5) is 5.69 Å². The summed E-state index contributed by atoms with van der Waals surface area (Å²) in [5.74, 6) is 1.25. The molecule has 0 atom stereocenters. The molecule has 7 heteroatoms. The molecule has 0 unspecified atom stereocenters. The van der Waals surface area contributed by atoms with Crippen LogP contribution in [0.1, 0.15) is 15.2 Å². The van der Waals surface area contributed by atoms with E-state index >= 15 is 0 Å². The van der Waals surface area contributed by atoms with Gasteiger partial charge in [0.1, 0.15) is 18.1 Å². The largest absolute Gasteiger partial charge is 0.486 e. The Hall–Kier alpha value is -3.06. The monoisotopic (exact) mass is 382 g/mol. The second-order valence-corrected chi connectivity index (χ2v) is 7.00. The minimum atomic E-state index is -0.330. The minimum Gasteiger partial charge on any atom is -0.486 e. The molecule has 3 aromatic rings. The van der Waals surface area contributed by atoms with E-state index in [1.54, 1.807) is 12.3 Å². The van der Waals surface area contributed by atoms with Crippen LogP contribution in [0.25, 0.3) is 10.6 Å². The first-order valence-electron chi connectivity index (χ1n) is 8.50. The summed E-state index contributed by atoms with van der Waals surface area (Å²) in [6.07, 6.45) is 1.78. The molecular formula is C20H18N2O4S. The third-order valence-electron chi connectivity index (χ3n) is 4.11. The zero-order valence-electron chi connectivity index (χ0n) is 14.7. The van der Waals surface area contributed by atoms with Gasteiger partial charge in [-0.1, -0.05) is 6.07 Å². The molecule has 0 fully saturated rings. The number of nitrogens with one attached hydrogen (secondary N) is 1. The summed E-state index contributed by atoms with van der Waals surface area (Å²) in [4.78, 5) is 17.5. The normalized spacial score (nSPS) is 12.5. The summed E-state index contributed by atoms with van der Waals surface area (Å²) in [6, 6.07) is 13.5. The van der Waals surface area contributed by atoms with E-state index in [4.69, 9.17) is 14.2 Å². The van der Waals surface area contributed by atoms with Gasteiger partial charge in [0.25, 0.3) is 0 Å². The van der Waals surface area contributed by atoms with Crippen molar-refractivity contribution in [3.63, 3.8) is 0 Å². The second kappa shape index (κ2) is 7.67. The van der Waals surface area contributed by atoms with Crippen molar-refractivity contribution in [3.05, 3.63) is 59.1 Å². The molecule has 3 heterocycles. The van der Waals surface area contributed by atoms with Gasteiger partial charge in [-0.2, -0.15) is 0 Å². The van der Waals surface area contributed by atoms with E-state index in [-0.39, 0.29) is 5.97 Å². The molecule has 27 heavy (non-hydrogen) atoms. The van der Waals surface area contributed by atoms with E-state index in [0.717, 1.165) is 33.3 Å². The third-order valence-corrected chi connectivity index (χ3v) is 5.20. The Morgan fingerprint density at radius 1 is 1.15 bits per heavy atom. The number of nitrogens with zero attached hydrogens (tertiary/aromatic N) is 1. The molecule has 0 saturated heterocycles. The molecule has 1 aliphatic heterocycles. The van der Waals surface area contributed by atoms with Crippen molar-refractivity contribution >= 4 is 23.0 Å². The Bertz CT molecular complexity index is 953. The predicted molar refractivity (Wildman–Crippen MR) is 104 cm³/mol. The van der Waals surface area contributed by atoms with Crippen LogP contribution in [-0.4, -0.2) is 31.3 Å². The van der Waals surface area contributed by atoms with Crippen LogP contribution >= 0.6 is 11.3 Å². The summed E-state index contributed by atoms with van der Waals surface area (Å²) in [5, 5.41) is 3.35. The molecule has 6 nitrogen and oxygen atoms in total. The van der Waals surface area contributed by atoms with Gasteiger partial charge in [0.2, 0.25) is 0 Å². The molecule has 0 saturated carbocycles. The van der Waals surface area contributed by atoms with Gasteiger partial charge in [-0.3, -0.25) is 4.98 Å². The Balaban J connectivity index is 1.41. The van der Waals surface area contributed by atoms with Gasteiger partial charge < -0.3 is 19.5 Å². The summed E-state index contributed by atoms with van der Waals surface area (Å²) in [7, 11) is 1.38. The van der Waals surface area contributed by atoms with E-state index in [9.17, 15) is 4.79 Å². The molecule has 0 spiro atoms. The average molecular weight is 382 g/mol. The SMILES string of the molecule is COC(=O)c1ccc(-c2ccc(NCc3ccc4c(c3)OCCO4)cn2)s1. The van der Waals surface area contributed by atoms with Crippen molar-refractivity contribution in [3.8, 4) is 22.1 Å². The van der Waals surface area contributed by atoms with Crippen molar-refractivity contribution in [1.82, 2.24) is 4.98 Å². The van der Waals surface area contributed by atoms with Crippen LogP contribution in [-0.2, 0) is 11.3 Å². The van der Waals surface area contributed by atoms with Crippen molar-refractivity contribution in [2.24, 2.45) is 0 Å². The van der Waals surface area contributed by atoms with E-state index in [0.29, 0.717) is 24.6 Å². The maximum absolute atomic E-state index is 11.6. The molecule has 0 radical (unpaired) electrons. The second-order valence-electron chi connectivity index (χ2n) is 5.92. The van der Waals surface area contributed by atoms with Crippen molar-refractivity contribution < 1.29 is 19.0 Å². The van der Waals surface area contributed by atoms with Gasteiger partial charge >= 0.3 is 5.97 Å². The Kier molecular flexibility index (Phi) is 4.93. The molecule has 0 bridgehead atoms. The number of hydrogen-bond acceptors (Lipinski definition) is 7. The lowest BCUT2D eigenvalue weighted by Crippen LogP contribution is -2.15. The van der Waals surface area contributed by atoms with Gasteiger partial charge in [-0.25, -0.2) is 4.79 Å². The van der Waals surface area contributed by atoms with Gasteiger partial charge in [-0.05, 0) is 42.0 Å². The zero-order chi connectivity index (χ0) is 18.6. The number of carbonyl (C=O) groups is 1. The average Bonchev–Trinajstić information content (AvgIpc) is 3.22. The number of pyridine rings is 1. The summed E-state index contributed by atoms with van der Waals surface area (Å²) >= 11 is 1.36. The molecule has 1 aliphatic rings. The summed E-state index contributed by atoms with van der Waals surface area (Å²) < 4.78 is 15.9. The number of methoxy groups -OCH3 is 1. The lowest BCUT2D eigenvalue weighted by Gasteiger charge is -2.19. The highest BCUT2D eigenvalue weighted by Gasteiger charge is 2.12. The molecule has 138 valence electrons. The Labute approximate surface area is 160 Å². The number of carbonyl (C=O) groups excluding carboxylic acids is 1. The van der Waals surface area contributed by atoms with E-state index in [2.05, 4.69) is 10.3 Å². The number of hydrogen-bond donors (Lipinski definition) is 1. The van der Waals surface area contributed by atoms with Gasteiger partial charge in [-0.15, -0.1) is 11.3 Å². The van der Waals surface area contributed by atoms with E-state index in [1.807, 2.05) is 36.4 Å². The number of benzene rings is 1. The predicted octanol–water partition coefficient (Wildman–Crippen LogP) is 3.98. The number of aromatic nitrogens is 1. The highest BCUT2D eigenvalue weighted by Crippen LogP contribution is 2.31. The first-order chi connectivity index (χ1) is 13.2. The highest BCUT2D eigenvalue weighted by molar-refractivity contribution is 7.17.